The molecule has 2 fully saturated rings. The van der Waals surface area contributed by atoms with Gasteiger partial charge in [0, 0.05) is 0 Å². The molecule has 0 spiro atoms. The van der Waals surface area contributed by atoms with E-state index in [1.54, 1.807) is 0 Å². The van der Waals surface area contributed by atoms with Crippen molar-refractivity contribution in [2.75, 3.05) is 6.61 Å². The molecular weight excluding hydrogens is 404 g/mol. The van der Waals surface area contributed by atoms with Gasteiger partial charge in [-0.3, -0.25) is 0 Å². The lowest BCUT2D eigenvalue weighted by molar-refractivity contribution is -0.268. The normalized spacial score (nSPS) is 26.8. The summed E-state index contributed by atoms with van der Waals surface area (Å²) < 4.78 is 31.2. The van der Waals surface area contributed by atoms with E-state index >= 15 is 0 Å². The van der Waals surface area contributed by atoms with Crippen LogP contribution in [-0.2, 0) is 43.5 Å². The van der Waals surface area contributed by atoms with Gasteiger partial charge in [-0.1, -0.05) is 91.0 Å². The molecule has 3 aromatic rings. The zero-order valence-corrected chi connectivity index (χ0v) is 17.9. The van der Waals surface area contributed by atoms with Gasteiger partial charge in [0.1, 0.15) is 24.4 Å². The first-order chi connectivity index (χ1) is 15.9. The summed E-state index contributed by atoms with van der Waals surface area (Å²) in [6.07, 6.45) is -1.63. The van der Waals surface area contributed by atoms with Gasteiger partial charge >= 0.3 is 0 Å². The van der Waals surface area contributed by atoms with Crippen molar-refractivity contribution in [3.05, 3.63) is 108 Å². The van der Waals surface area contributed by atoms with Crippen molar-refractivity contribution in [2.24, 2.45) is 0 Å². The molecule has 5 heteroatoms. The molecule has 5 nitrogen and oxygen atoms in total. The monoisotopic (exact) mass is 432 g/mol. The second-order valence-electron chi connectivity index (χ2n) is 8.16. The Kier molecular flexibility index (Phi) is 6.92. The van der Waals surface area contributed by atoms with Gasteiger partial charge in [0.2, 0.25) is 0 Å². The highest BCUT2D eigenvalue weighted by molar-refractivity contribution is 5.15. The number of hydrogen-bond acceptors (Lipinski definition) is 5. The minimum Gasteiger partial charge on any atom is -0.368 e. The number of ether oxygens (including phenoxy) is 5. The molecule has 0 unspecified atom stereocenters. The molecule has 5 rings (SSSR count). The van der Waals surface area contributed by atoms with Gasteiger partial charge in [-0.25, -0.2) is 0 Å². The molecule has 0 aliphatic carbocycles. The van der Waals surface area contributed by atoms with Crippen molar-refractivity contribution in [2.45, 2.75) is 50.5 Å². The number of rotatable bonds is 9. The molecular formula is C27H28O5. The minimum atomic E-state index is -0.457. The molecule has 0 N–H and O–H groups in total. The molecule has 0 aromatic heterocycles. The predicted molar refractivity (Wildman–Crippen MR) is 120 cm³/mol. The van der Waals surface area contributed by atoms with E-state index in [9.17, 15) is 0 Å². The van der Waals surface area contributed by atoms with E-state index in [4.69, 9.17) is 23.7 Å². The van der Waals surface area contributed by atoms with Gasteiger partial charge in [-0.05, 0) is 16.7 Å². The Morgan fingerprint density at radius 3 is 1.50 bits per heavy atom. The molecule has 2 aliphatic heterocycles. The van der Waals surface area contributed by atoms with Crippen LogP contribution in [0.5, 0.6) is 0 Å². The molecule has 166 valence electrons. The minimum absolute atomic E-state index is 0.180. The summed E-state index contributed by atoms with van der Waals surface area (Å²) in [4.78, 5) is 0. The van der Waals surface area contributed by atoms with E-state index in [2.05, 4.69) is 24.3 Å². The zero-order valence-electron chi connectivity index (χ0n) is 17.9. The van der Waals surface area contributed by atoms with E-state index in [0.717, 1.165) is 16.7 Å². The van der Waals surface area contributed by atoms with Gasteiger partial charge in [0.15, 0.2) is 6.29 Å². The van der Waals surface area contributed by atoms with Gasteiger partial charge in [0.05, 0.1) is 26.4 Å². The van der Waals surface area contributed by atoms with E-state index in [-0.39, 0.29) is 18.3 Å². The quantitative estimate of drug-likeness (QED) is 0.498. The van der Waals surface area contributed by atoms with Gasteiger partial charge in [-0.2, -0.15) is 0 Å². The summed E-state index contributed by atoms with van der Waals surface area (Å²) in [5.74, 6) is 0. The lowest BCUT2D eigenvalue weighted by Gasteiger charge is -2.40. The standard InChI is InChI=1S/C27H28O5/c1-4-10-20(11-5-1)16-28-24-23-19-31-27(32-23)26(30-18-22-14-8-3-9-15-22)25(24)29-17-21-12-6-2-7-13-21/h1-15,23-27H,16-19H2/t23-,24+,25+,26+,27+/m1/s1. The molecule has 2 heterocycles. The lowest BCUT2D eigenvalue weighted by atomic mass is 10.00. The third kappa shape index (κ3) is 5.09. The van der Waals surface area contributed by atoms with Crippen LogP contribution in [0, 0.1) is 0 Å². The summed E-state index contributed by atoms with van der Waals surface area (Å²) in [5, 5.41) is 0. The van der Waals surface area contributed by atoms with Crippen molar-refractivity contribution in [3.63, 3.8) is 0 Å². The lowest BCUT2D eigenvalue weighted by Crippen LogP contribution is -2.56. The first-order valence-corrected chi connectivity index (χ1v) is 11.1. The predicted octanol–water partition coefficient (Wildman–Crippen LogP) is 4.50. The maximum Gasteiger partial charge on any atom is 0.187 e. The highest BCUT2D eigenvalue weighted by Crippen LogP contribution is 2.35. The van der Waals surface area contributed by atoms with Crippen LogP contribution in [0.15, 0.2) is 91.0 Å². The van der Waals surface area contributed by atoms with Crippen molar-refractivity contribution < 1.29 is 23.7 Å². The fourth-order valence-corrected chi connectivity index (χ4v) is 4.20. The van der Waals surface area contributed by atoms with Crippen molar-refractivity contribution in [3.8, 4) is 0 Å². The summed E-state index contributed by atoms with van der Waals surface area (Å²) in [6.45, 7) is 1.88. The molecule has 32 heavy (non-hydrogen) atoms. The first kappa shape index (κ1) is 21.3. The fraction of sp³-hybridized carbons (Fsp3) is 0.333. The Hall–Kier alpha value is -2.54. The van der Waals surface area contributed by atoms with Crippen LogP contribution in [-0.4, -0.2) is 37.3 Å². The summed E-state index contributed by atoms with van der Waals surface area (Å²) in [6, 6.07) is 30.4. The van der Waals surface area contributed by atoms with Crippen molar-refractivity contribution in [1.82, 2.24) is 0 Å². The highest BCUT2D eigenvalue weighted by atomic mass is 16.8. The number of fused-ring (bicyclic) bond motifs is 2. The summed E-state index contributed by atoms with van der Waals surface area (Å²) >= 11 is 0. The topological polar surface area (TPSA) is 46.2 Å². The molecule has 5 atom stereocenters. The van der Waals surface area contributed by atoms with E-state index < -0.39 is 12.4 Å². The Balaban J connectivity index is 1.33. The Bertz CT molecular complexity index is 892. The Morgan fingerprint density at radius 1 is 0.562 bits per heavy atom. The molecule has 2 bridgehead atoms. The maximum absolute atomic E-state index is 6.44. The zero-order chi connectivity index (χ0) is 21.6. The number of benzene rings is 3. The van der Waals surface area contributed by atoms with Gasteiger partial charge in [0.25, 0.3) is 0 Å². The Labute approximate surface area is 188 Å². The van der Waals surface area contributed by atoms with Crippen LogP contribution in [0.3, 0.4) is 0 Å². The molecule has 0 amide bonds. The second-order valence-corrected chi connectivity index (χ2v) is 8.16. The average Bonchev–Trinajstić information content (AvgIpc) is 3.29. The molecule has 0 saturated carbocycles. The maximum atomic E-state index is 6.44. The van der Waals surface area contributed by atoms with Crippen molar-refractivity contribution >= 4 is 0 Å². The fourth-order valence-electron chi connectivity index (χ4n) is 4.20. The van der Waals surface area contributed by atoms with Crippen LogP contribution in [0.2, 0.25) is 0 Å². The van der Waals surface area contributed by atoms with Crippen LogP contribution >= 0.6 is 0 Å². The van der Waals surface area contributed by atoms with E-state index in [1.807, 2.05) is 66.7 Å². The van der Waals surface area contributed by atoms with E-state index in [0.29, 0.717) is 26.4 Å². The average molecular weight is 433 g/mol. The highest BCUT2D eigenvalue weighted by Gasteiger charge is 2.52. The van der Waals surface area contributed by atoms with E-state index in [1.165, 1.54) is 0 Å². The SMILES string of the molecule is c1ccc(CO[C@@H]2[C@H](OCc3ccccc3)[C@H]3OC[C@@H](O3)[C@@H]2OCc2ccccc2)cc1. The van der Waals surface area contributed by atoms with Crippen molar-refractivity contribution in [1.29, 1.82) is 0 Å². The largest absolute Gasteiger partial charge is 0.368 e. The van der Waals surface area contributed by atoms with Crippen LogP contribution in [0.4, 0.5) is 0 Å². The van der Waals surface area contributed by atoms with Crippen LogP contribution in [0.25, 0.3) is 0 Å². The molecule has 2 saturated heterocycles. The third-order valence-electron chi connectivity index (χ3n) is 5.87. The summed E-state index contributed by atoms with van der Waals surface area (Å²) in [5.41, 5.74) is 3.31. The van der Waals surface area contributed by atoms with Crippen LogP contribution in [0.1, 0.15) is 16.7 Å². The summed E-state index contributed by atoms with van der Waals surface area (Å²) in [7, 11) is 0. The molecule has 0 radical (unpaired) electrons. The molecule has 2 aliphatic rings. The van der Waals surface area contributed by atoms with Gasteiger partial charge in [-0.15, -0.1) is 0 Å². The molecule has 3 aromatic carbocycles. The second kappa shape index (κ2) is 10.4. The third-order valence-corrected chi connectivity index (χ3v) is 5.87. The Morgan fingerprint density at radius 2 is 1.00 bits per heavy atom. The van der Waals surface area contributed by atoms with Crippen LogP contribution < -0.4 is 0 Å². The first-order valence-electron chi connectivity index (χ1n) is 11.1. The smallest absolute Gasteiger partial charge is 0.187 e. The number of hydrogen-bond donors (Lipinski definition) is 0. The van der Waals surface area contributed by atoms with Gasteiger partial charge < -0.3 is 23.7 Å².